The molecule has 36 heavy (non-hydrogen) atoms. The average molecular weight is 497 g/mol. The van der Waals surface area contributed by atoms with Gasteiger partial charge in [-0.2, -0.15) is 9.78 Å². The molecule has 0 amide bonds. The monoisotopic (exact) mass is 496 g/mol. The Morgan fingerprint density at radius 3 is 2.11 bits per heavy atom. The largest absolute Gasteiger partial charge is 0.478 e. The Hall–Kier alpha value is -3.43. The van der Waals surface area contributed by atoms with Crippen molar-refractivity contribution >= 4 is 5.97 Å². The van der Waals surface area contributed by atoms with Gasteiger partial charge in [0.1, 0.15) is 18.8 Å². The summed E-state index contributed by atoms with van der Waals surface area (Å²) in [6, 6.07) is 23.2. The van der Waals surface area contributed by atoms with Gasteiger partial charge in [-0.25, -0.2) is 14.6 Å². The maximum atomic E-state index is 11.5. The molecule has 0 spiro atoms. The van der Waals surface area contributed by atoms with Crippen LogP contribution in [0.1, 0.15) is 54.1 Å². The number of carboxylic acid groups (broad SMARTS) is 1. The highest BCUT2D eigenvalue weighted by Crippen LogP contribution is 2.25. The molecule has 8 heteroatoms. The van der Waals surface area contributed by atoms with Crippen molar-refractivity contribution in [1.82, 2.24) is 0 Å². The van der Waals surface area contributed by atoms with Gasteiger partial charge in [0, 0.05) is 6.07 Å². The van der Waals surface area contributed by atoms with Crippen molar-refractivity contribution in [1.29, 1.82) is 0 Å². The van der Waals surface area contributed by atoms with Crippen molar-refractivity contribution in [3.8, 4) is 11.5 Å². The molecule has 4 rings (SSSR count). The van der Waals surface area contributed by atoms with E-state index in [4.69, 9.17) is 29.3 Å². The first-order valence-corrected chi connectivity index (χ1v) is 12.0. The van der Waals surface area contributed by atoms with Crippen molar-refractivity contribution in [3.05, 3.63) is 95.6 Å². The van der Waals surface area contributed by atoms with Crippen LogP contribution in [0.2, 0.25) is 0 Å². The number of carbonyl (C=O) groups is 1. The smallest absolute Gasteiger partial charge is 0.339 e. The lowest BCUT2D eigenvalue weighted by Crippen LogP contribution is -2.19. The van der Waals surface area contributed by atoms with E-state index in [9.17, 15) is 9.90 Å². The second kappa shape index (κ2) is 15.5. The van der Waals surface area contributed by atoms with Gasteiger partial charge in [-0.1, -0.05) is 74.0 Å². The summed E-state index contributed by atoms with van der Waals surface area (Å²) in [7, 11) is 0. The summed E-state index contributed by atoms with van der Waals surface area (Å²) in [6.45, 7) is 3.37. The molecule has 3 aromatic rings. The van der Waals surface area contributed by atoms with Crippen molar-refractivity contribution in [2.75, 3.05) is 6.61 Å². The fraction of sp³-hybridized carbons (Fsp3) is 0.321. The predicted octanol–water partition coefficient (Wildman–Crippen LogP) is 6.30. The Morgan fingerprint density at radius 2 is 1.56 bits per heavy atom. The number of benzene rings is 3. The summed E-state index contributed by atoms with van der Waals surface area (Å²) in [5.41, 5.74) is 1.75. The van der Waals surface area contributed by atoms with Gasteiger partial charge in [-0.15, -0.1) is 0 Å². The highest BCUT2D eigenvalue weighted by atomic mass is 17.2. The van der Waals surface area contributed by atoms with E-state index in [1.54, 1.807) is 6.07 Å². The van der Waals surface area contributed by atoms with Crippen LogP contribution in [0.25, 0.3) is 0 Å². The normalized spacial score (nSPS) is 14.9. The molecule has 1 aliphatic rings. The van der Waals surface area contributed by atoms with Crippen molar-refractivity contribution in [2.24, 2.45) is 0 Å². The molecule has 1 aliphatic heterocycles. The molecule has 192 valence electrons. The molecule has 0 aromatic heterocycles. The van der Waals surface area contributed by atoms with Crippen LogP contribution in [0.4, 0.5) is 0 Å². The zero-order valence-electron chi connectivity index (χ0n) is 20.3. The van der Waals surface area contributed by atoms with Gasteiger partial charge in [-0.05, 0) is 42.5 Å². The molecule has 8 nitrogen and oxygen atoms in total. The van der Waals surface area contributed by atoms with Crippen molar-refractivity contribution in [2.45, 2.75) is 51.9 Å². The lowest BCUT2D eigenvalue weighted by Gasteiger charge is -2.19. The van der Waals surface area contributed by atoms with Crippen molar-refractivity contribution < 1.29 is 39.2 Å². The van der Waals surface area contributed by atoms with E-state index >= 15 is 0 Å². The van der Waals surface area contributed by atoms with Gasteiger partial charge < -0.3 is 14.9 Å². The molecule has 1 fully saturated rings. The molecule has 3 aromatic carbocycles. The molecule has 0 aliphatic carbocycles. The Balaban J connectivity index is 0.000000338. The topological polar surface area (TPSA) is 92.7 Å². The average Bonchev–Trinajstić information content (AvgIpc) is 2.92. The fourth-order valence-electron chi connectivity index (χ4n) is 3.35. The Bertz CT molecular complexity index is 1020. The SMILES string of the molecule is CCCC1CCCOO1.O=C(O)c1cc(OOCc2ccccc2)ccc1OOCc1ccccc1. The first kappa shape index (κ1) is 27.2. The highest BCUT2D eigenvalue weighted by Gasteiger charge is 2.15. The third-order valence-electron chi connectivity index (χ3n) is 5.19. The predicted molar refractivity (Wildman–Crippen MR) is 132 cm³/mol. The summed E-state index contributed by atoms with van der Waals surface area (Å²) >= 11 is 0. The summed E-state index contributed by atoms with van der Waals surface area (Å²) in [5.74, 6) is -0.839. The summed E-state index contributed by atoms with van der Waals surface area (Å²) in [4.78, 5) is 41.9. The molecule has 1 saturated heterocycles. The Morgan fingerprint density at radius 1 is 0.917 bits per heavy atom. The fourth-order valence-corrected chi connectivity index (χ4v) is 3.35. The number of rotatable bonds is 11. The molecule has 1 heterocycles. The Kier molecular flexibility index (Phi) is 11.7. The number of carboxylic acids is 1. The third kappa shape index (κ3) is 9.67. The minimum Gasteiger partial charge on any atom is -0.478 e. The maximum absolute atomic E-state index is 11.5. The van der Waals surface area contributed by atoms with Gasteiger partial charge in [0.25, 0.3) is 0 Å². The van der Waals surface area contributed by atoms with E-state index in [0.29, 0.717) is 6.10 Å². The standard InChI is InChI=1S/C21H18O6.C7H14O2/c22-21(23)19-13-18(26-24-14-16-7-3-1-4-8-16)11-12-20(19)27-25-15-17-9-5-2-6-10-17;1-2-4-7-5-3-6-8-9-7/h1-13H,14-15H2,(H,22,23);7H,2-6H2,1H3. The zero-order valence-corrected chi connectivity index (χ0v) is 20.3. The van der Waals surface area contributed by atoms with Crippen LogP contribution in [0, 0.1) is 0 Å². The quantitative estimate of drug-likeness (QED) is 0.244. The van der Waals surface area contributed by atoms with E-state index < -0.39 is 5.97 Å². The summed E-state index contributed by atoms with van der Waals surface area (Å²) < 4.78 is 0. The van der Waals surface area contributed by atoms with Gasteiger partial charge >= 0.3 is 5.97 Å². The van der Waals surface area contributed by atoms with Gasteiger partial charge in [0.15, 0.2) is 11.5 Å². The van der Waals surface area contributed by atoms with Crippen LogP contribution in [0.3, 0.4) is 0 Å². The van der Waals surface area contributed by atoms with E-state index in [1.807, 2.05) is 60.7 Å². The van der Waals surface area contributed by atoms with Crippen LogP contribution in [-0.2, 0) is 32.8 Å². The lowest BCUT2D eigenvalue weighted by atomic mass is 10.1. The molecule has 0 radical (unpaired) electrons. The van der Waals surface area contributed by atoms with Gasteiger partial charge in [-0.3, -0.25) is 0 Å². The van der Waals surface area contributed by atoms with Crippen LogP contribution >= 0.6 is 0 Å². The zero-order chi connectivity index (χ0) is 25.4. The van der Waals surface area contributed by atoms with Gasteiger partial charge in [0.05, 0.1) is 12.7 Å². The summed E-state index contributed by atoms with van der Waals surface area (Å²) in [5, 5.41) is 9.38. The first-order valence-electron chi connectivity index (χ1n) is 12.0. The summed E-state index contributed by atoms with van der Waals surface area (Å²) in [6.07, 6.45) is 5.04. The number of hydrogen-bond acceptors (Lipinski definition) is 7. The minimum atomic E-state index is -1.16. The van der Waals surface area contributed by atoms with Crippen LogP contribution in [0.5, 0.6) is 11.5 Å². The van der Waals surface area contributed by atoms with E-state index in [-0.39, 0.29) is 30.3 Å². The van der Waals surface area contributed by atoms with Gasteiger partial charge in [0.2, 0.25) is 0 Å². The van der Waals surface area contributed by atoms with E-state index in [0.717, 1.165) is 30.6 Å². The molecule has 1 unspecified atom stereocenters. The maximum Gasteiger partial charge on any atom is 0.339 e. The molecule has 1 N–H and O–H groups in total. The first-order chi connectivity index (χ1) is 17.7. The molecule has 0 saturated carbocycles. The third-order valence-corrected chi connectivity index (χ3v) is 5.19. The highest BCUT2D eigenvalue weighted by molar-refractivity contribution is 5.91. The molecule has 1 atom stereocenters. The molecular weight excluding hydrogens is 464 g/mol. The van der Waals surface area contributed by atoms with E-state index in [1.165, 1.54) is 25.0 Å². The Labute approximate surface area is 211 Å². The molecular formula is C28H32O8. The van der Waals surface area contributed by atoms with Crippen LogP contribution < -0.4 is 9.78 Å². The molecule has 0 bridgehead atoms. The number of aromatic carboxylic acids is 1. The lowest BCUT2D eigenvalue weighted by molar-refractivity contribution is -0.345. The number of hydrogen-bond donors (Lipinski definition) is 1. The van der Waals surface area contributed by atoms with E-state index in [2.05, 4.69) is 6.92 Å². The minimum absolute atomic E-state index is 0.0776. The van der Waals surface area contributed by atoms with Crippen LogP contribution in [-0.4, -0.2) is 23.8 Å². The van der Waals surface area contributed by atoms with Crippen molar-refractivity contribution in [3.63, 3.8) is 0 Å². The second-order valence-electron chi connectivity index (χ2n) is 8.10. The second-order valence-corrected chi connectivity index (χ2v) is 8.10. The van der Waals surface area contributed by atoms with Crippen LogP contribution in [0.15, 0.2) is 78.9 Å².